The lowest BCUT2D eigenvalue weighted by molar-refractivity contribution is 0.102. The minimum atomic E-state index is -0.408. The molecule has 3 rings (SSSR count). The van der Waals surface area contributed by atoms with Crippen LogP contribution in [0.25, 0.3) is 0 Å². The number of anilines is 2. The van der Waals surface area contributed by atoms with Crippen LogP contribution in [0.2, 0.25) is 10.0 Å². The molecule has 0 aliphatic heterocycles. The maximum atomic E-state index is 12.6. The van der Waals surface area contributed by atoms with Crippen LogP contribution in [0.4, 0.5) is 11.4 Å². The number of carbonyl (C=O) groups excluding carboxylic acids is 2. The van der Waals surface area contributed by atoms with E-state index < -0.39 is 5.91 Å². The number of amides is 2. The first-order chi connectivity index (χ1) is 13.9. The Hall–Kier alpha value is -2.74. The maximum absolute atomic E-state index is 12.6. The molecule has 0 fully saturated rings. The number of benzene rings is 2. The summed E-state index contributed by atoms with van der Waals surface area (Å²) in [6.07, 6.45) is 0. The van der Waals surface area contributed by atoms with Crippen molar-refractivity contribution in [2.45, 2.75) is 0 Å². The molecule has 0 bridgehead atoms. The first kappa shape index (κ1) is 21.0. The van der Waals surface area contributed by atoms with Crippen molar-refractivity contribution in [3.05, 3.63) is 68.3 Å². The SMILES string of the molecule is COc1cc(NC(=O)c2cc(Cl)c(OC)c(Cl)c2)ccc1NC(=O)c1cccs1. The Kier molecular flexibility index (Phi) is 6.64. The fourth-order valence-electron chi connectivity index (χ4n) is 2.55. The van der Waals surface area contributed by atoms with E-state index in [2.05, 4.69) is 10.6 Å². The molecule has 0 saturated heterocycles. The van der Waals surface area contributed by atoms with Crippen LogP contribution in [0.3, 0.4) is 0 Å². The fourth-order valence-corrected chi connectivity index (χ4v) is 3.81. The molecule has 0 unspecified atom stereocenters. The molecular formula is C20H16Cl2N2O4S. The van der Waals surface area contributed by atoms with Crippen LogP contribution in [0.1, 0.15) is 20.0 Å². The quantitative estimate of drug-likeness (QED) is 0.513. The summed E-state index contributed by atoms with van der Waals surface area (Å²) in [5, 5.41) is 7.82. The predicted octanol–water partition coefficient (Wildman–Crippen LogP) is 5.58. The van der Waals surface area contributed by atoms with Crippen molar-refractivity contribution in [2.24, 2.45) is 0 Å². The van der Waals surface area contributed by atoms with Gasteiger partial charge in [-0.25, -0.2) is 0 Å². The van der Waals surface area contributed by atoms with E-state index in [1.54, 1.807) is 30.3 Å². The number of halogens is 2. The Bertz CT molecular complexity index is 1030. The Morgan fingerprint density at radius 3 is 2.24 bits per heavy atom. The van der Waals surface area contributed by atoms with Crippen LogP contribution in [0, 0.1) is 0 Å². The lowest BCUT2D eigenvalue weighted by atomic mass is 10.2. The third-order valence-corrected chi connectivity index (χ3v) is 5.35. The zero-order chi connectivity index (χ0) is 21.0. The van der Waals surface area contributed by atoms with Crippen LogP contribution in [-0.4, -0.2) is 26.0 Å². The molecule has 3 aromatic rings. The van der Waals surface area contributed by atoms with Gasteiger partial charge in [0.15, 0.2) is 5.75 Å². The molecule has 9 heteroatoms. The smallest absolute Gasteiger partial charge is 0.265 e. The molecule has 0 spiro atoms. The maximum Gasteiger partial charge on any atom is 0.265 e. The molecule has 2 amide bonds. The summed E-state index contributed by atoms with van der Waals surface area (Å²) in [6, 6.07) is 11.4. The molecule has 0 aliphatic rings. The van der Waals surface area contributed by atoms with E-state index in [0.29, 0.717) is 27.8 Å². The zero-order valence-corrected chi connectivity index (χ0v) is 17.7. The van der Waals surface area contributed by atoms with Gasteiger partial charge in [0.05, 0.1) is 34.8 Å². The topological polar surface area (TPSA) is 76.7 Å². The second kappa shape index (κ2) is 9.17. The zero-order valence-electron chi connectivity index (χ0n) is 15.4. The average Bonchev–Trinajstić information content (AvgIpc) is 3.23. The van der Waals surface area contributed by atoms with Gasteiger partial charge >= 0.3 is 0 Å². The Labute approximate surface area is 181 Å². The number of methoxy groups -OCH3 is 2. The third-order valence-electron chi connectivity index (χ3n) is 3.92. The van der Waals surface area contributed by atoms with Crippen LogP contribution in [-0.2, 0) is 0 Å². The van der Waals surface area contributed by atoms with E-state index in [9.17, 15) is 9.59 Å². The minimum absolute atomic E-state index is 0.231. The molecular weight excluding hydrogens is 435 g/mol. The van der Waals surface area contributed by atoms with E-state index in [0.717, 1.165) is 0 Å². The van der Waals surface area contributed by atoms with Crippen molar-refractivity contribution in [1.82, 2.24) is 0 Å². The van der Waals surface area contributed by atoms with Gasteiger partial charge in [0, 0.05) is 17.3 Å². The molecule has 2 N–H and O–H groups in total. The highest BCUT2D eigenvalue weighted by Crippen LogP contribution is 2.34. The van der Waals surface area contributed by atoms with E-state index in [1.165, 1.54) is 37.7 Å². The second-order valence-corrected chi connectivity index (χ2v) is 7.54. The highest BCUT2D eigenvalue weighted by atomic mass is 35.5. The third kappa shape index (κ3) is 4.82. The van der Waals surface area contributed by atoms with Gasteiger partial charge in [-0.1, -0.05) is 29.3 Å². The standard InChI is InChI=1S/C20H16Cl2N2O4S/c1-27-16-10-12(5-6-15(16)24-20(26)17-4-3-7-29-17)23-19(25)11-8-13(21)18(28-2)14(22)9-11/h3-10H,1-2H3,(H,23,25)(H,24,26). The minimum Gasteiger partial charge on any atom is -0.494 e. The number of rotatable bonds is 6. The van der Waals surface area contributed by atoms with Gasteiger partial charge in [0.1, 0.15) is 5.75 Å². The second-order valence-electron chi connectivity index (χ2n) is 5.77. The van der Waals surface area contributed by atoms with Crippen LogP contribution < -0.4 is 20.1 Å². The molecule has 1 aromatic heterocycles. The molecule has 6 nitrogen and oxygen atoms in total. The number of hydrogen-bond acceptors (Lipinski definition) is 5. The van der Waals surface area contributed by atoms with Crippen molar-refractivity contribution < 1.29 is 19.1 Å². The molecule has 0 aliphatic carbocycles. The van der Waals surface area contributed by atoms with Crippen LogP contribution >= 0.6 is 34.5 Å². The number of ether oxygens (including phenoxy) is 2. The molecule has 0 atom stereocenters. The van der Waals surface area contributed by atoms with Gasteiger partial charge in [-0.3, -0.25) is 9.59 Å². The average molecular weight is 451 g/mol. The van der Waals surface area contributed by atoms with Crippen molar-refractivity contribution in [3.63, 3.8) is 0 Å². The Morgan fingerprint density at radius 1 is 0.931 bits per heavy atom. The van der Waals surface area contributed by atoms with E-state index in [1.807, 2.05) is 5.38 Å². The molecule has 0 saturated carbocycles. The van der Waals surface area contributed by atoms with Crippen molar-refractivity contribution in [1.29, 1.82) is 0 Å². The lowest BCUT2D eigenvalue weighted by Crippen LogP contribution is -2.13. The van der Waals surface area contributed by atoms with Gasteiger partial charge in [0.2, 0.25) is 0 Å². The van der Waals surface area contributed by atoms with Crippen molar-refractivity contribution >= 4 is 57.7 Å². The summed E-state index contributed by atoms with van der Waals surface area (Å²) in [4.78, 5) is 25.4. The van der Waals surface area contributed by atoms with Gasteiger partial charge in [-0.2, -0.15) is 0 Å². The van der Waals surface area contributed by atoms with E-state index >= 15 is 0 Å². The molecule has 0 radical (unpaired) electrons. The molecule has 1 heterocycles. The Balaban J connectivity index is 1.78. The first-order valence-electron chi connectivity index (χ1n) is 8.30. The summed E-state index contributed by atoms with van der Waals surface area (Å²) in [6.45, 7) is 0. The largest absolute Gasteiger partial charge is 0.494 e. The number of carbonyl (C=O) groups is 2. The molecule has 150 valence electrons. The monoisotopic (exact) mass is 450 g/mol. The van der Waals surface area contributed by atoms with Crippen LogP contribution in [0.5, 0.6) is 11.5 Å². The summed E-state index contributed by atoms with van der Waals surface area (Å²) in [5.74, 6) is 0.0577. The normalized spacial score (nSPS) is 10.3. The number of nitrogens with one attached hydrogen (secondary N) is 2. The molecule has 2 aromatic carbocycles. The summed E-state index contributed by atoms with van der Waals surface area (Å²) < 4.78 is 10.4. The highest BCUT2D eigenvalue weighted by Gasteiger charge is 2.15. The Morgan fingerprint density at radius 2 is 1.66 bits per heavy atom. The molecule has 29 heavy (non-hydrogen) atoms. The fraction of sp³-hybridized carbons (Fsp3) is 0.100. The highest BCUT2D eigenvalue weighted by molar-refractivity contribution is 7.12. The van der Waals surface area contributed by atoms with Gasteiger partial charge < -0.3 is 20.1 Å². The van der Waals surface area contributed by atoms with Crippen molar-refractivity contribution in [2.75, 3.05) is 24.9 Å². The van der Waals surface area contributed by atoms with Gasteiger partial charge in [0.25, 0.3) is 11.8 Å². The van der Waals surface area contributed by atoms with Crippen molar-refractivity contribution in [3.8, 4) is 11.5 Å². The number of thiophene rings is 1. The van der Waals surface area contributed by atoms with E-state index in [-0.39, 0.29) is 21.5 Å². The summed E-state index contributed by atoms with van der Waals surface area (Å²) >= 11 is 13.5. The van der Waals surface area contributed by atoms with Gasteiger partial charge in [-0.15, -0.1) is 11.3 Å². The summed E-state index contributed by atoms with van der Waals surface area (Å²) in [5.41, 5.74) is 1.23. The predicted molar refractivity (Wildman–Crippen MR) is 116 cm³/mol. The summed E-state index contributed by atoms with van der Waals surface area (Å²) in [7, 11) is 2.92. The van der Waals surface area contributed by atoms with Gasteiger partial charge in [-0.05, 0) is 35.7 Å². The first-order valence-corrected chi connectivity index (χ1v) is 9.93. The number of hydrogen-bond donors (Lipinski definition) is 2. The van der Waals surface area contributed by atoms with Crippen LogP contribution in [0.15, 0.2) is 47.8 Å². The van der Waals surface area contributed by atoms with E-state index in [4.69, 9.17) is 32.7 Å². The lowest BCUT2D eigenvalue weighted by Gasteiger charge is -2.13.